The van der Waals surface area contributed by atoms with E-state index in [2.05, 4.69) is 5.16 Å². The van der Waals surface area contributed by atoms with Gasteiger partial charge in [0.15, 0.2) is 6.10 Å². The van der Waals surface area contributed by atoms with Crippen LogP contribution in [0.4, 0.5) is 0 Å². The second kappa shape index (κ2) is 10.3. The van der Waals surface area contributed by atoms with E-state index in [1.54, 1.807) is 34.9 Å². The number of aliphatic carboxylic acids is 1. The van der Waals surface area contributed by atoms with Crippen molar-refractivity contribution in [1.29, 1.82) is 0 Å². The van der Waals surface area contributed by atoms with Gasteiger partial charge in [-0.2, -0.15) is 0 Å². The Balaban J connectivity index is 1.50. The Bertz CT molecular complexity index is 1500. The monoisotopic (exact) mass is 501 g/mol. The predicted molar refractivity (Wildman–Crippen MR) is 139 cm³/mol. The Hall–Kier alpha value is -3.97. The summed E-state index contributed by atoms with van der Waals surface area (Å²) in [6.07, 6.45) is 2.11. The number of halogens is 1. The summed E-state index contributed by atoms with van der Waals surface area (Å²) in [4.78, 5) is 35.0. The van der Waals surface area contributed by atoms with Gasteiger partial charge in [0.1, 0.15) is 5.82 Å². The second-order valence-corrected chi connectivity index (χ2v) is 9.16. The first kappa shape index (κ1) is 23.8. The van der Waals surface area contributed by atoms with Gasteiger partial charge in [0.05, 0.1) is 22.3 Å². The van der Waals surface area contributed by atoms with E-state index in [1.807, 2.05) is 42.5 Å². The fourth-order valence-electron chi connectivity index (χ4n) is 4.39. The van der Waals surface area contributed by atoms with Crippen LogP contribution < -0.4 is 5.56 Å². The summed E-state index contributed by atoms with van der Waals surface area (Å²) in [6, 6.07) is 22.5. The molecule has 182 valence electrons. The van der Waals surface area contributed by atoms with Crippen molar-refractivity contribution in [1.82, 2.24) is 9.55 Å². The molecule has 0 bridgehead atoms. The van der Waals surface area contributed by atoms with Crippen LogP contribution in [-0.4, -0.2) is 26.3 Å². The molecule has 5 rings (SSSR count). The van der Waals surface area contributed by atoms with Crippen molar-refractivity contribution in [3.8, 4) is 5.69 Å². The van der Waals surface area contributed by atoms with Crippen LogP contribution in [-0.2, 0) is 16.1 Å². The average Bonchev–Trinajstić information content (AvgIpc) is 3.38. The molecule has 4 aromatic rings. The van der Waals surface area contributed by atoms with Crippen molar-refractivity contribution in [2.75, 3.05) is 0 Å². The summed E-state index contributed by atoms with van der Waals surface area (Å²) in [5.74, 6) is -0.265. The minimum Gasteiger partial charge on any atom is -0.481 e. The highest BCUT2D eigenvalue weighted by molar-refractivity contribution is 6.30. The first-order valence-electron chi connectivity index (χ1n) is 11.8. The lowest BCUT2D eigenvalue weighted by molar-refractivity contribution is -0.137. The molecular formula is C28H24ClN3O4. The maximum Gasteiger partial charge on any atom is 0.303 e. The van der Waals surface area contributed by atoms with E-state index in [9.17, 15) is 9.59 Å². The molecule has 0 spiro atoms. The third kappa shape index (κ3) is 5.02. The number of hydrogen-bond donors (Lipinski definition) is 1. The smallest absolute Gasteiger partial charge is 0.303 e. The van der Waals surface area contributed by atoms with Gasteiger partial charge in [0, 0.05) is 29.8 Å². The van der Waals surface area contributed by atoms with Crippen molar-refractivity contribution < 1.29 is 14.7 Å². The van der Waals surface area contributed by atoms with Gasteiger partial charge >= 0.3 is 5.97 Å². The number of aryl methyl sites for hydroxylation is 1. The molecule has 7 nitrogen and oxygen atoms in total. The predicted octanol–water partition coefficient (Wildman–Crippen LogP) is 5.70. The Morgan fingerprint density at radius 1 is 1.06 bits per heavy atom. The van der Waals surface area contributed by atoms with Crippen LogP contribution in [0.25, 0.3) is 16.6 Å². The highest BCUT2D eigenvalue weighted by Gasteiger charge is 2.24. The number of carboxylic acids is 1. The number of carbonyl (C=O) groups is 1. The van der Waals surface area contributed by atoms with Gasteiger partial charge in [-0.3, -0.25) is 14.2 Å². The number of nitrogens with zero attached hydrogens (tertiary/aromatic N) is 3. The van der Waals surface area contributed by atoms with Crippen LogP contribution in [0, 0.1) is 0 Å². The van der Waals surface area contributed by atoms with E-state index in [4.69, 9.17) is 26.5 Å². The summed E-state index contributed by atoms with van der Waals surface area (Å²) in [7, 11) is 0. The molecule has 1 N–H and O–H groups in total. The zero-order chi connectivity index (χ0) is 25.1. The molecule has 0 saturated heterocycles. The number of unbranched alkanes of at least 4 members (excludes halogenated alkanes) is 1. The number of oxime groups is 1. The van der Waals surface area contributed by atoms with Crippen LogP contribution in [0.1, 0.15) is 48.7 Å². The minimum atomic E-state index is -0.838. The highest BCUT2D eigenvalue weighted by Crippen LogP contribution is 2.30. The molecule has 0 amide bonds. The van der Waals surface area contributed by atoms with E-state index < -0.39 is 5.97 Å². The molecular weight excluding hydrogens is 478 g/mol. The lowest BCUT2D eigenvalue weighted by Gasteiger charge is -2.14. The summed E-state index contributed by atoms with van der Waals surface area (Å²) in [5, 5.41) is 14.3. The van der Waals surface area contributed by atoms with Crippen LogP contribution in [0.3, 0.4) is 0 Å². The molecule has 0 fully saturated rings. The van der Waals surface area contributed by atoms with Gasteiger partial charge in [0.25, 0.3) is 5.56 Å². The molecule has 1 unspecified atom stereocenters. The van der Waals surface area contributed by atoms with Gasteiger partial charge in [-0.25, -0.2) is 4.98 Å². The summed E-state index contributed by atoms with van der Waals surface area (Å²) >= 11 is 6.05. The quantitative estimate of drug-likeness (QED) is 0.312. The van der Waals surface area contributed by atoms with Gasteiger partial charge in [-0.1, -0.05) is 53.2 Å². The standard InChI is InChI=1S/C28H24ClN3O4/c29-20-11-13-21(14-12-20)32-26(8-4-5-9-27(33)34)30-24-16-19(10-15-22(24)28(32)35)23-17-25(36-31-23)18-6-2-1-3-7-18/h1-3,6-7,10-16,25H,4-5,8-9,17H2,(H,33,34). The van der Waals surface area contributed by atoms with Crippen LogP contribution in [0.5, 0.6) is 0 Å². The normalized spacial score (nSPS) is 15.0. The molecule has 0 saturated carbocycles. The van der Waals surface area contributed by atoms with E-state index in [0.29, 0.717) is 53.1 Å². The molecule has 3 aromatic carbocycles. The lowest BCUT2D eigenvalue weighted by Crippen LogP contribution is -2.24. The molecule has 1 atom stereocenters. The number of aromatic nitrogens is 2. The summed E-state index contributed by atoms with van der Waals surface area (Å²) in [6.45, 7) is 0. The van der Waals surface area contributed by atoms with Crippen molar-refractivity contribution in [2.24, 2.45) is 5.16 Å². The molecule has 1 aliphatic heterocycles. The molecule has 1 aromatic heterocycles. The van der Waals surface area contributed by atoms with Gasteiger partial charge in [-0.15, -0.1) is 0 Å². The van der Waals surface area contributed by atoms with E-state index in [0.717, 1.165) is 16.8 Å². The lowest BCUT2D eigenvalue weighted by atomic mass is 9.99. The molecule has 2 heterocycles. The van der Waals surface area contributed by atoms with Gasteiger partial charge in [0.2, 0.25) is 0 Å². The Morgan fingerprint density at radius 2 is 1.83 bits per heavy atom. The van der Waals surface area contributed by atoms with E-state index in [1.165, 1.54) is 0 Å². The van der Waals surface area contributed by atoms with Crippen LogP contribution in [0.15, 0.2) is 82.7 Å². The maximum atomic E-state index is 13.6. The van der Waals surface area contributed by atoms with Crippen molar-refractivity contribution in [3.05, 3.63) is 105 Å². The maximum absolute atomic E-state index is 13.6. The first-order valence-corrected chi connectivity index (χ1v) is 12.2. The Kier molecular flexibility index (Phi) is 6.82. The summed E-state index contributed by atoms with van der Waals surface area (Å²) in [5.41, 5.74) is 3.77. The SMILES string of the molecule is O=C(O)CCCCc1nc2cc(C3=NOC(c4ccccc4)C3)ccc2c(=O)n1-c1ccc(Cl)cc1. The summed E-state index contributed by atoms with van der Waals surface area (Å²) < 4.78 is 1.58. The fraction of sp³-hybridized carbons (Fsp3) is 0.214. The molecule has 36 heavy (non-hydrogen) atoms. The zero-order valence-electron chi connectivity index (χ0n) is 19.4. The number of fused-ring (bicyclic) bond motifs is 1. The number of rotatable bonds is 8. The van der Waals surface area contributed by atoms with Gasteiger partial charge < -0.3 is 9.94 Å². The number of carboxylic acid groups (broad SMARTS) is 1. The molecule has 1 aliphatic rings. The minimum absolute atomic E-state index is 0.0747. The Morgan fingerprint density at radius 3 is 2.58 bits per heavy atom. The second-order valence-electron chi connectivity index (χ2n) is 8.72. The molecule has 0 radical (unpaired) electrons. The molecule has 0 aliphatic carbocycles. The topological polar surface area (TPSA) is 93.8 Å². The largest absolute Gasteiger partial charge is 0.481 e. The fourth-order valence-corrected chi connectivity index (χ4v) is 4.52. The van der Waals surface area contributed by atoms with Crippen LogP contribution in [0.2, 0.25) is 5.02 Å². The first-order chi connectivity index (χ1) is 17.5. The average molecular weight is 502 g/mol. The van der Waals surface area contributed by atoms with Crippen molar-refractivity contribution in [3.63, 3.8) is 0 Å². The highest BCUT2D eigenvalue weighted by atomic mass is 35.5. The van der Waals surface area contributed by atoms with Crippen molar-refractivity contribution >= 4 is 34.2 Å². The third-order valence-electron chi connectivity index (χ3n) is 6.24. The van der Waals surface area contributed by atoms with E-state index >= 15 is 0 Å². The van der Waals surface area contributed by atoms with E-state index in [-0.39, 0.29) is 18.1 Å². The van der Waals surface area contributed by atoms with Crippen molar-refractivity contribution in [2.45, 2.75) is 38.2 Å². The molecule has 8 heteroatoms. The van der Waals surface area contributed by atoms with Gasteiger partial charge in [-0.05, 0) is 54.8 Å². The van der Waals surface area contributed by atoms with Crippen LogP contribution >= 0.6 is 11.6 Å². The number of benzene rings is 3. The Labute approximate surface area is 212 Å². The zero-order valence-corrected chi connectivity index (χ0v) is 20.2. The number of hydrogen-bond acceptors (Lipinski definition) is 5. The third-order valence-corrected chi connectivity index (χ3v) is 6.49.